The molecule has 1 aromatic carbocycles. The molecule has 0 unspecified atom stereocenters. The van der Waals surface area contributed by atoms with Gasteiger partial charge in [0, 0.05) is 49.0 Å². The smallest absolute Gasteiger partial charge is 0.341 e. The minimum Gasteiger partial charge on any atom is -0.497 e. The van der Waals surface area contributed by atoms with E-state index >= 15 is 0 Å². The predicted molar refractivity (Wildman–Crippen MR) is 117 cm³/mol. The number of rotatable bonds is 6. The molecule has 0 aliphatic carbocycles. The summed E-state index contributed by atoms with van der Waals surface area (Å²) in [6.07, 6.45) is 3.02. The van der Waals surface area contributed by atoms with Crippen LogP contribution in [0.25, 0.3) is 0 Å². The zero-order valence-electron chi connectivity index (χ0n) is 17.4. The SMILES string of the molecule is CNc1ncc(N2Sc3cccnc3N(Cc3c(F)cc(OC)cc3F)C2=O)cc1OC. The molecule has 0 saturated carbocycles. The van der Waals surface area contributed by atoms with E-state index in [0.717, 1.165) is 24.1 Å². The van der Waals surface area contributed by atoms with E-state index in [2.05, 4.69) is 15.3 Å². The molecule has 0 bridgehead atoms. The summed E-state index contributed by atoms with van der Waals surface area (Å²) in [5.74, 6) is -0.342. The fourth-order valence-corrected chi connectivity index (χ4v) is 4.16. The highest BCUT2D eigenvalue weighted by Gasteiger charge is 2.35. The third-order valence-corrected chi connectivity index (χ3v) is 5.86. The molecule has 0 spiro atoms. The Balaban J connectivity index is 1.76. The molecule has 32 heavy (non-hydrogen) atoms. The maximum Gasteiger partial charge on any atom is 0.341 e. The molecule has 0 saturated heterocycles. The highest BCUT2D eigenvalue weighted by Crippen LogP contribution is 2.42. The Bertz CT molecular complexity index is 1160. The van der Waals surface area contributed by atoms with Crippen LogP contribution in [0.2, 0.25) is 0 Å². The first-order chi connectivity index (χ1) is 15.5. The van der Waals surface area contributed by atoms with Crippen molar-refractivity contribution in [3.8, 4) is 11.5 Å². The van der Waals surface area contributed by atoms with E-state index in [4.69, 9.17) is 9.47 Å². The first-order valence-corrected chi connectivity index (χ1v) is 10.2. The second-order valence-electron chi connectivity index (χ2n) is 6.64. The third kappa shape index (κ3) is 3.86. The Labute approximate surface area is 187 Å². The summed E-state index contributed by atoms with van der Waals surface area (Å²) in [7, 11) is 4.51. The number of fused-ring (bicyclic) bond motifs is 1. The lowest BCUT2D eigenvalue weighted by Crippen LogP contribution is -2.43. The van der Waals surface area contributed by atoms with Gasteiger partial charge in [-0.25, -0.2) is 27.8 Å². The molecule has 0 fully saturated rings. The number of ether oxygens (including phenoxy) is 2. The molecule has 0 atom stereocenters. The van der Waals surface area contributed by atoms with Crippen molar-refractivity contribution in [3.63, 3.8) is 0 Å². The zero-order chi connectivity index (χ0) is 22.8. The molecule has 4 rings (SSSR count). The van der Waals surface area contributed by atoms with Gasteiger partial charge in [0.05, 0.1) is 37.5 Å². The van der Waals surface area contributed by atoms with E-state index in [-0.39, 0.29) is 17.9 Å². The number of urea groups is 1. The Morgan fingerprint density at radius 1 is 1.12 bits per heavy atom. The number of pyridine rings is 2. The normalized spacial score (nSPS) is 13.1. The van der Waals surface area contributed by atoms with E-state index in [0.29, 0.717) is 28.0 Å². The Hall–Kier alpha value is -3.60. The number of nitrogens with one attached hydrogen (secondary N) is 1. The average Bonchev–Trinajstić information content (AvgIpc) is 2.81. The van der Waals surface area contributed by atoms with Crippen LogP contribution in [0.4, 0.5) is 30.9 Å². The van der Waals surface area contributed by atoms with Crippen molar-refractivity contribution in [2.24, 2.45) is 0 Å². The van der Waals surface area contributed by atoms with Crippen LogP contribution in [-0.2, 0) is 6.54 Å². The molecule has 3 aromatic rings. The lowest BCUT2D eigenvalue weighted by Gasteiger charge is -2.35. The van der Waals surface area contributed by atoms with Crippen LogP contribution in [-0.4, -0.2) is 37.3 Å². The highest BCUT2D eigenvalue weighted by atomic mass is 32.2. The quantitative estimate of drug-likeness (QED) is 0.545. The highest BCUT2D eigenvalue weighted by molar-refractivity contribution is 8.01. The van der Waals surface area contributed by atoms with Crippen LogP contribution in [0.5, 0.6) is 11.5 Å². The van der Waals surface area contributed by atoms with Crippen molar-refractivity contribution in [1.29, 1.82) is 0 Å². The Morgan fingerprint density at radius 3 is 2.53 bits per heavy atom. The summed E-state index contributed by atoms with van der Waals surface area (Å²) >= 11 is 1.14. The zero-order valence-corrected chi connectivity index (χ0v) is 18.2. The van der Waals surface area contributed by atoms with E-state index < -0.39 is 17.7 Å². The van der Waals surface area contributed by atoms with Crippen molar-refractivity contribution < 1.29 is 23.0 Å². The van der Waals surface area contributed by atoms with Gasteiger partial charge in [0.2, 0.25) is 0 Å². The fourth-order valence-electron chi connectivity index (χ4n) is 3.19. The molecule has 1 aliphatic rings. The molecule has 1 aliphatic heterocycles. The van der Waals surface area contributed by atoms with Gasteiger partial charge < -0.3 is 14.8 Å². The molecule has 166 valence electrons. The van der Waals surface area contributed by atoms with E-state index in [1.807, 2.05) is 0 Å². The molecule has 8 nitrogen and oxygen atoms in total. The van der Waals surface area contributed by atoms with Crippen molar-refractivity contribution in [1.82, 2.24) is 9.97 Å². The largest absolute Gasteiger partial charge is 0.497 e. The summed E-state index contributed by atoms with van der Waals surface area (Å²) < 4.78 is 40.9. The summed E-state index contributed by atoms with van der Waals surface area (Å²) in [5, 5.41) is 2.91. The molecule has 2 aromatic heterocycles. The van der Waals surface area contributed by atoms with Gasteiger partial charge in [-0.15, -0.1) is 0 Å². The number of carbonyl (C=O) groups excluding carboxylic acids is 1. The maximum atomic E-state index is 14.6. The number of benzene rings is 1. The summed E-state index contributed by atoms with van der Waals surface area (Å²) in [6, 6.07) is 6.76. The van der Waals surface area contributed by atoms with Crippen LogP contribution < -0.4 is 24.0 Å². The lowest BCUT2D eigenvalue weighted by molar-refractivity contribution is 0.253. The van der Waals surface area contributed by atoms with Gasteiger partial charge in [0.15, 0.2) is 17.4 Å². The number of aromatic nitrogens is 2. The van der Waals surface area contributed by atoms with Crippen LogP contribution >= 0.6 is 11.9 Å². The van der Waals surface area contributed by atoms with Gasteiger partial charge in [-0.1, -0.05) is 0 Å². The molecule has 0 radical (unpaired) electrons. The fraction of sp³-hybridized carbons (Fsp3) is 0.190. The second kappa shape index (κ2) is 8.87. The predicted octanol–water partition coefficient (Wildman–Crippen LogP) is 4.47. The number of hydrogen-bond donors (Lipinski definition) is 1. The molecular formula is C21H19F2N5O3S. The third-order valence-electron chi connectivity index (χ3n) is 4.80. The van der Waals surface area contributed by atoms with Crippen molar-refractivity contribution in [3.05, 3.63) is 59.9 Å². The monoisotopic (exact) mass is 459 g/mol. The number of carbonyl (C=O) groups is 1. The molecule has 1 N–H and O–H groups in total. The number of halogens is 2. The first kappa shape index (κ1) is 21.6. The van der Waals surface area contributed by atoms with E-state index in [1.165, 1.54) is 35.8 Å². The van der Waals surface area contributed by atoms with Gasteiger partial charge in [0.25, 0.3) is 0 Å². The number of amides is 2. The average molecular weight is 459 g/mol. The summed E-state index contributed by atoms with van der Waals surface area (Å²) in [5.41, 5.74) is 0.162. The molecular weight excluding hydrogens is 440 g/mol. The summed E-state index contributed by atoms with van der Waals surface area (Å²) in [4.78, 5) is 23.8. The van der Waals surface area contributed by atoms with Crippen LogP contribution in [0.1, 0.15) is 5.56 Å². The molecule has 11 heteroatoms. The van der Waals surface area contributed by atoms with Crippen molar-refractivity contribution in [2.45, 2.75) is 11.4 Å². The minimum absolute atomic E-state index is 0.0484. The van der Waals surface area contributed by atoms with Crippen LogP contribution in [0.15, 0.2) is 47.6 Å². The Morgan fingerprint density at radius 2 is 1.88 bits per heavy atom. The van der Waals surface area contributed by atoms with Gasteiger partial charge in [-0.2, -0.15) is 0 Å². The van der Waals surface area contributed by atoms with Gasteiger partial charge in [0.1, 0.15) is 17.4 Å². The van der Waals surface area contributed by atoms with Crippen molar-refractivity contribution in [2.75, 3.05) is 35.8 Å². The number of hydrogen-bond acceptors (Lipinski definition) is 7. The topological polar surface area (TPSA) is 79.8 Å². The van der Waals surface area contributed by atoms with E-state index in [1.54, 1.807) is 25.2 Å². The molecule has 2 amide bonds. The Kier molecular flexibility index (Phi) is 5.99. The number of nitrogens with zero attached hydrogens (tertiary/aromatic N) is 4. The minimum atomic E-state index is -0.821. The van der Waals surface area contributed by atoms with E-state index in [9.17, 15) is 13.6 Å². The van der Waals surface area contributed by atoms with Gasteiger partial charge in [-0.05, 0) is 12.1 Å². The van der Waals surface area contributed by atoms with Crippen LogP contribution in [0.3, 0.4) is 0 Å². The summed E-state index contributed by atoms with van der Waals surface area (Å²) in [6.45, 7) is -0.360. The second-order valence-corrected chi connectivity index (χ2v) is 7.63. The number of anilines is 3. The lowest BCUT2D eigenvalue weighted by atomic mass is 10.1. The maximum absolute atomic E-state index is 14.6. The number of methoxy groups -OCH3 is 2. The van der Waals surface area contributed by atoms with Crippen molar-refractivity contribution >= 4 is 35.3 Å². The first-order valence-electron chi connectivity index (χ1n) is 9.45. The molecule has 3 heterocycles. The van der Waals surface area contributed by atoms with Crippen LogP contribution in [0, 0.1) is 11.6 Å². The standard InChI is InChI=1S/C21H19F2N5O3S/c1-24-19-17(31-3)7-12(10-26-19)28-21(29)27(20-18(32-28)5-4-6-25-20)11-14-15(22)8-13(30-2)9-16(14)23/h4-10H,11H2,1-3H3,(H,24,26). The van der Waals surface area contributed by atoms with Gasteiger partial charge >= 0.3 is 6.03 Å². The van der Waals surface area contributed by atoms with Gasteiger partial charge in [-0.3, -0.25) is 4.90 Å².